The van der Waals surface area contributed by atoms with Crippen molar-refractivity contribution in [3.63, 3.8) is 0 Å². The summed E-state index contributed by atoms with van der Waals surface area (Å²) in [4.78, 5) is 0. The highest BCUT2D eigenvalue weighted by atomic mass is 16.5. The van der Waals surface area contributed by atoms with Crippen LogP contribution in [-0.2, 0) is 6.54 Å². The molecule has 0 amide bonds. The number of methoxy groups -OCH3 is 2. The van der Waals surface area contributed by atoms with Crippen LogP contribution < -0.4 is 19.5 Å². The Kier molecular flexibility index (Phi) is 4.49. The summed E-state index contributed by atoms with van der Waals surface area (Å²) in [6, 6.07) is 14.4. The Labute approximate surface area is 131 Å². The lowest BCUT2D eigenvalue weighted by Gasteiger charge is -2.27. The number of fused-ring (bicyclic) bond motifs is 1. The second-order valence-electron chi connectivity index (χ2n) is 5.26. The van der Waals surface area contributed by atoms with Gasteiger partial charge in [0.25, 0.3) is 0 Å². The summed E-state index contributed by atoms with van der Waals surface area (Å²) in [7, 11) is 3.33. The van der Waals surface area contributed by atoms with Crippen molar-refractivity contribution in [2.45, 2.75) is 19.0 Å². The zero-order valence-electron chi connectivity index (χ0n) is 13.0. The van der Waals surface area contributed by atoms with Crippen LogP contribution in [0.5, 0.6) is 17.2 Å². The second-order valence-corrected chi connectivity index (χ2v) is 5.26. The quantitative estimate of drug-likeness (QED) is 0.919. The lowest BCUT2D eigenvalue weighted by molar-refractivity contribution is 0.251. The molecule has 0 aliphatic carbocycles. The third kappa shape index (κ3) is 2.88. The van der Waals surface area contributed by atoms with Crippen LogP contribution in [0, 0.1) is 0 Å². The van der Waals surface area contributed by atoms with Crippen molar-refractivity contribution in [2.75, 3.05) is 20.8 Å². The Hall–Kier alpha value is -2.20. The normalized spacial score (nSPS) is 16.5. The van der Waals surface area contributed by atoms with Gasteiger partial charge in [0, 0.05) is 30.1 Å². The Balaban J connectivity index is 1.77. The van der Waals surface area contributed by atoms with Crippen LogP contribution in [0.3, 0.4) is 0 Å². The number of para-hydroxylation sites is 2. The molecule has 116 valence electrons. The van der Waals surface area contributed by atoms with Gasteiger partial charge in [0.15, 0.2) is 11.5 Å². The minimum absolute atomic E-state index is 0.292. The van der Waals surface area contributed by atoms with Crippen molar-refractivity contribution < 1.29 is 14.2 Å². The average molecular weight is 299 g/mol. The Bertz CT molecular complexity index is 642. The first-order valence-corrected chi connectivity index (χ1v) is 7.48. The molecule has 22 heavy (non-hydrogen) atoms. The molecular weight excluding hydrogens is 278 g/mol. The second kappa shape index (κ2) is 6.71. The molecule has 0 aromatic heterocycles. The van der Waals surface area contributed by atoms with Crippen LogP contribution in [0.2, 0.25) is 0 Å². The molecule has 0 radical (unpaired) electrons. The largest absolute Gasteiger partial charge is 0.493 e. The molecule has 0 unspecified atom stereocenters. The van der Waals surface area contributed by atoms with Gasteiger partial charge < -0.3 is 19.5 Å². The monoisotopic (exact) mass is 299 g/mol. The minimum atomic E-state index is 0.292. The fourth-order valence-corrected chi connectivity index (χ4v) is 2.88. The van der Waals surface area contributed by atoms with E-state index in [0.717, 1.165) is 42.4 Å². The van der Waals surface area contributed by atoms with Crippen LogP contribution in [0.15, 0.2) is 42.5 Å². The topological polar surface area (TPSA) is 39.7 Å². The van der Waals surface area contributed by atoms with Gasteiger partial charge in [-0.2, -0.15) is 0 Å². The van der Waals surface area contributed by atoms with Crippen molar-refractivity contribution in [1.82, 2.24) is 5.32 Å². The van der Waals surface area contributed by atoms with Crippen molar-refractivity contribution in [3.8, 4) is 17.2 Å². The third-order valence-electron chi connectivity index (χ3n) is 3.98. The van der Waals surface area contributed by atoms with E-state index in [4.69, 9.17) is 14.2 Å². The van der Waals surface area contributed by atoms with Gasteiger partial charge in [-0.1, -0.05) is 30.3 Å². The number of ether oxygens (including phenoxy) is 3. The number of rotatable bonds is 5. The maximum absolute atomic E-state index is 5.70. The number of hydrogen-bond acceptors (Lipinski definition) is 4. The van der Waals surface area contributed by atoms with Crippen molar-refractivity contribution in [2.24, 2.45) is 0 Å². The lowest BCUT2D eigenvalue weighted by Crippen LogP contribution is -2.26. The highest BCUT2D eigenvalue weighted by Crippen LogP contribution is 2.34. The molecule has 0 saturated carbocycles. The summed E-state index contributed by atoms with van der Waals surface area (Å²) in [5.74, 6) is 2.52. The molecule has 2 aromatic carbocycles. The first-order valence-electron chi connectivity index (χ1n) is 7.48. The first kappa shape index (κ1) is 14.7. The highest BCUT2D eigenvalue weighted by molar-refractivity contribution is 5.46. The van der Waals surface area contributed by atoms with E-state index in [9.17, 15) is 0 Å². The Morgan fingerprint density at radius 3 is 2.77 bits per heavy atom. The third-order valence-corrected chi connectivity index (χ3v) is 3.98. The smallest absolute Gasteiger partial charge is 0.165 e. The predicted octanol–water partition coefficient (Wildman–Crippen LogP) is 3.32. The molecule has 1 atom stereocenters. The van der Waals surface area contributed by atoms with E-state index in [-0.39, 0.29) is 0 Å². The molecule has 0 bridgehead atoms. The van der Waals surface area contributed by atoms with Gasteiger partial charge in [0.1, 0.15) is 5.75 Å². The predicted molar refractivity (Wildman–Crippen MR) is 85.7 cm³/mol. The first-order chi connectivity index (χ1) is 10.8. The Morgan fingerprint density at radius 1 is 1.09 bits per heavy atom. The molecule has 1 N–H and O–H groups in total. The minimum Gasteiger partial charge on any atom is -0.493 e. The van der Waals surface area contributed by atoms with E-state index < -0.39 is 0 Å². The molecule has 4 nitrogen and oxygen atoms in total. The lowest BCUT2D eigenvalue weighted by atomic mass is 10.00. The van der Waals surface area contributed by atoms with Crippen LogP contribution in [0.4, 0.5) is 0 Å². The highest BCUT2D eigenvalue weighted by Gasteiger charge is 2.21. The summed E-state index contributed by atoms with van der Waals surface area (Å²) in [5, 5.41) is 3.60. The van der Waals surface area contributed by atoms with E-state index in [0.29, 0.717) is 6.04 Å². The number of benzene rings is 2. The fraction of sp³-hybridized carbons (Fsp3) is 0.333. The van der Waals surface area contributed by atoms with Gasteiger partial charge in [-0.25, -0.2) is 0 Å². The van der Waals surface area contributed by atoms with Gasteiger partial charge in [-0.15, -0.1) is 0 Å². The number of hydrogen-bond donors (Lipinski definition) is 1. The summed E-state index contributed by atoms with van der Waals surface area (Å²) in [5.41, 5.74) is 2.31. The molecule has 0 spiro atoms. The van der Waals surface area contributed by atoms with E-state index in [1.165, 1.54) is 5.56 Å². The summed E-state index contributed by atoms with van der Waals surface area (Å²) in [6.45, 7) is 1.46. The molecule has 0 fully saturated rings. The van der Waals surface area contributed by atoms with Crippen LogP contribution in [0.25, 0.3) is 0 Å². The maximum atomic E-state index is 5.70. The van der Waals surface area contributed by atoms with Gasteiger partial charge >= 0.3 is 0 Å². The molecule has 1 heterocycles. The maximum Gasteiger partial charge on any atom is 0.165 e. The van der Waals surface area contributed by atoms with E-state index >= 15 is 0 Å². The molecule has 0 saturated heterocycles. The van der Waals surface area contributed by atoms with Crippen LogP contribution in [-0.4, -0.2) is 20.8 Å². The summed E-state index contributed by atoms with van der Waals surface area (Å²) < 4.78 is 16.5. The summed E-state index contributed by atoms with van der Waals surface area (Å²) >= 11 is 0. The molecular formula is C18H21NO3. The SMILES string of the molecule is COc1cccc(CN[C@H]2CCOc3ccccc32)c1OC. The zero-order chi connectivity index (χ0) is 15.4. The number of nitrogens with one attached hydrogen (secondary N) is 1. The fourth-order valence-electron chi connectivity index (χ4n) is 2.88. The van der Waals surface area contributed by atoms with Crippen LogP contribution >= 0.6 is 0 Å². The standard InChI is InChI=1S/C18H21NO3/c1-20-17-9-5-6-13(18(17)21-2)12-19-15-10-11-22-16-8-4-3-7-14(15)16/h3-9,15,19H,10-12H2,1-2H3/t15-/m0/s1. The Morgan fingerprint density at radius 2 is 1.95 bits per heavy atom. The van der Waals surface area contributed by atoms with Crippen molar-refractivity contribution in [3.05, 3.63) is 53.6 Å². The van der Waals surface area contributed by atoms with Crippen LogP contribution in [0.1, 0.15) is 23.6 Å². The molecule has 2 aromatic rings. The molecule has 3 rings (SSSR count). The van der Waals surface area contributed by atoms with Gasteiger partial charge in [0.2, 0.25) is 0 Å². The molecule has 1 aliphatic heterocycles. The van der Waals surface area contributed by atoms with E-state index in [1.807, 2.05) is 30.3 Å². The van der Waals surface area contributed by atoms with Crippen molar-refractivity contribution >= 4 is 0 Å². The zero-order valence-corrected chi connectivity index (χ0v) is 13.0. The molecule has 4 heteroatoms. The van der Waals surface area contributed by atoms with Crippen molar-refractivity contribution in [1.29, 1.82) is 0 Å². The van der Waals surface area contributed by atoms with Gasteiger partial charge in [0.05, 0.1) is 20.8 Å². The van der Waals surface area contributed by atoms with Gasteiger partial charge in [-0.3, -0.25) is 0 Å². The van der Waals surface area contributed by atoms with E-state index in [1.54, 1.807) is 14.2 Å². The van der Waals surface area contributed by atoms with Gasteiger partial charge in [-0.05, 0) is 12.1 Å². The summed E-state index contributed by atoms with van der Waals surface area (Å²) in [6.07, 6.45) is 0.962. The molecule has 1 aliphatic rings. The van der Waals surface area contributed by atoms with E-state index in [2.05, 4.69) is 17.4 Å². The average Bonchev–Trinajstić information content (AvgIpc) is 2.59.